The summed E-state index contributed by atoms with van der Waals surface area (Å²) in [5.41, 5.74) is 0.819. The summed E-state index contributed by atoms with van der Waals surface area (Å²) in [6.45, 7) is 0.168. The molecule has 5 fully saturated rings. The van der Waals surface area contributed by atoms with Gasteiger partial charge in [0.1, 0.15) is 0 Å². The monoisotopic (exact) mass is 401 g/mol. The molecule has 0 radical (unpaired) electrons. The highest BCUT2D eigenvalue weighted by molar-refractivity contribution is 8.78. The average Bonchev–Trinajstić information content (AvgIpc) is 3.29. The predicted molar refractivity (Wildman–Crippen MR) is 97.4 cm³/mol. The Morgan fingerprint density at radius 3 is 2.81 bits per heavy atom. The molecule has 1 spiro atoms. The first-order chi connectivity index (χ1) is 13.1. The molecule has 9 heteroatoms. The van der Waals surface area contributed by atoms with Gasteiger partial charge in [-0.1, -0.05) is 27.7 Å². The molecule has 7 rings (SSSR count). The summed E-state index contributed by atoms with van der Waals surface area (Å²) in [4.78, 5) is 29.3. The molecule has 138 valence electrons. The average molecular weight is 401 g/mol. The van der Waals surface area contributed by atoms with E-state index < -0.39 is 22.2 Å². The first kappa shape index (κ1) is 16.0. The molecule has 0 N–H and O–H groups in total. The van der Waals surface area contributed by atoms with Crippen molar-refractivity contribution < 1.29 is 19.1 Å². The lowest BCUT2D eigenvalue weighted by molar-refractivity contribution is -0.160. The van der Waals surface area contributed by atoms with Gasteiger partial charge in [0.05, 0.1) is 18.0 Å². The Labute approximate surface area is 163 Å². The van der Waals surface area contributed by atoms with Crippen LogP contribution in [0.25, 0.3) is 0 Å². The third-order valence-corrected chi connectivity index (χ3v) is 9.12. The Balaban J connectivity index is 1.46. The quantitative estimate of drug-likeness (QED) is 0.703. The van der Waals surface area contributed by atoms with E-state index in [-0.39, 0.29) is 24.6 Å². The number of nitrogens with zero attached hydrogens (tertiary/aromatic N) is 3. The van der Waals surface area contributed by atoms with Crippen LogP contribution in [0, 0.1) is 17.2 Å². The van der Waals surface area contributed by atoms with E-state index >= 15 is 0 Å². The zero-order valence-electron chi connectivity index (χ0n) is 14.2. The third kappa shape index (κ3) is 1.95. The summed E-state index contributed by atoms with van der Waals surface area (Å²) in [5, 5.41) is 9.36. The molecule has 2 amide bonds. The number of piperazine rings is 1. The Bertz CT molecular complexity index is 930. The van der Waals surface area contributed by atoms with Gasteiger partial charge in [-0.05, 0) is 30.5 Å². The van der Waals surface area contributed by atoms with Crippen LogP contribution in [-0.4, -0.2) is 44.7 Å². The van der Waals surface area contributed by atoms with E-state index in [0.29, 0.717) is 17.9 Å². The fourth-order valence-corrected chi connectivity index (χ4v) is 8.04. The number of nitriles is 1. The summed E-state index contributed by atoms with van der Waals surface area (Å²) >= 11 is 0. The molecule has 27 heavy (non-hydrogen) atoms. The van der Waals surface area contributed by atoms with E-state index in [1.165, 1.54) is 21.6 Å². The minimum Gasteiger partial charge on any atom is -0.454 e. The second-order valence-corrected chi connectivity index (χ2v) is 10.0. The molecule has 0 aromatic heterocycles. The van der Waals surface area contributed by atoms with Gasteiger partial charge in [0, 0.05) is 12.5 Å². The summed E-state index contributed by atoms with van der Waals surface area (Å²) in [7, 11) is 2.93. The maximum atomic E-state index is 13.4. The maximum Gasteiger partial charge on any atom is 0.261 e. The van der Waals surface area contributed by atoms with Crippen molar-refractivity contribution in [2.45, 2.75) is 41.6 Å². The highest BCUT2D eigenvalue weighted by atomic mass is 33.1. The van der Waals surface area contributed by atoms with Gasteiger partial charge in [-0.2, -0.15) is 5.26 Å². The fraction of sp³-hybridized carbons (Fsp3) is 0.500. The van der Waals surface area contributed by atoms with Crippen LogP contribution >= 0.6 is 21.6 Å². The molecular formula is C18H15N3O4S2. The topological polar surface area (TPSA) is 82.9 Å². The lowest BCUT2D eigenvalue weighted by atomic mass is 9.94. The molecule has 2 bridgehead atoms. The van der Waals surface area contributed by atoms with Crippen LogP contribution in [0.2, 0.25) is 0 Å². The molecule has 5 aliphatic heterocycles. The predicted octanol–water partition coefficient (Wildman–Crippen LogP) is 2.25. The van der Waals surface area contributed by atoms with Gasteiger partial charge in [0.2, 0.25) is 6.79 Å². The van der Waals surface area contributed by atoms with Gasteiger partial charge in [-0.3, -0.25) is 9.59 Å². The highest BCUT2D eigenvalue weighted by Gasteiger charge is 2.70. The standard InChI is InChI=1S/C18H15N3O4S2/c19-7-10-6-18-17(23)20(11-2-3-11)16(26-27-18)15(22)21(18)14(10)9-1-4-12-13(5-9)25-8-24-12/h1,4-5,10-11,14,16H,2-3,6,8H2/t10?,14?,16?,18-/m0/s1. The number of carbonyl (C=O) groups is 2. The lowest BCUT2D eigenvalue weighted by Gasteiger charge is -2.54. The van der Waals surface area contributed by atoms with Gasteiger partial charge >= 0.3 is 0 Å². The molecule has 1 saturated carbocycles. The highest BCUT2D eigenvalue weighted by Crippen LogP contribution is 2.64. The van der Waals surface area contributed by atoms with Crippen molar-refractivity contribution in [2.75, 3.05) is 6.79 Å². The molecule has 4 atom stereocenters. The first-order valence-corrected chi connectivity index (χ1v) is 11.1. The summed E-state index contributed by atoms with van der Waals surface area (Å²) in [6, 6.07) is 7.62. The van der Waals surface area contributed by atoms with E-state index in [4.69, 9.17) is 9.47 Å². The number of carbonyl (C=O) groups excluding carboxylic acids is 2. The van der Waals surface area contributed by atoms with Crippen molar-refractivity contribution in [3.63, 3.8) is 0 Å². The summed E-state index contributed by atoms with van der Waals surface area (Å²) < 4.78 is 10.8. The molecule has 6 aliphatic rings. The van der Waals surface area contributed by atoms with Gasteiger partial charge in [-0.15, -0.1) is 0 Å². The maximum absolute atomic E-state index is 13.4. The van der Waals surface area contributed by atoms with Crippen molar-refractivity contribution in [3.05, 3.63) is 23.8 Å². The van der Waals surface area contributed by atoms with Crippen LogP contribution in [-0.2, 0) is 9.59 Å². The molecule has 1 aromatic carbocycles. The number of fused-ring (bicyclic) bond motifs is 3. The van der Waals surface area contributed by atoms with Gasteiger partial charge in [-0.25, -0.2) is 0 Å². The second-order valence-electron chi connectivity index (χ2n) is 7.47. The number of amides is 2. The Morgan fingerprint density at radius 1 is 1.22 bits per heavy atom. The normalized spacial score (nSPS) is 36.2. The Hall–Kier alpha value is -2.05. The third-order valence-electron chi connectivity index (χ3n) is 5.94. The largest absolute Gasteiger partial charge is 0.454 e. The van der Waals surface area contributed by atoms with Crippen LogP contribution in [0.3, 0.4) is 0 Å². The van der Waals surface area contributed by atoms with E-state index in [2.05, 4.69) is 6.07 Å². The van der Waals surface area contributed by atoms with E-state index in [9.17, 15) is 14.9 Å². The van der Waals surface area contributed by atoms with E-state index in [0.717, 1.165) is 18.4 Å². The molecule has 7 nitrogen and oxygen atoms in total. The van der Waals surface area contributed by atoms with Crippen LogP contribution in [0.4, 0.5) is 0 Å². The number of ether oxygens (including phenoxy) is 2. The zero-order chi connectivity index (χ0) is 18.3. The minimum absolute atomic E-state index is 0.00171. The number of hydrogen-bond acceptors (Lipinski definition) is 7. The Morgan fingerprint density at radius 2 is 2.04 bits per heavy atom. The fourth-order valence-electron chi connectivity index (χ4n) is 4.59. The number of benzene rings is 1. The van der Waals surface area contributed by atoms with E-state index in [1.807, 2.05) is 18.2 Å². The van der Waals surface area contributed by atoms with Gasteiger partial charge in [0.25, 0.3) is 11.8 Å². The van der Waals surface area contributed by atoms with Gasteiger partial charge in [0.15, 0.2) is 21.7 Å². The molecule has 1 aromatic rings. The summed E-state index contributed by atoms with van der Waals surface area (Å²) in [6.07, 6.45) is 2.29. The van der Waals surface area contributed by atoms with Crippen LogP contribution in [0.5, 0.6) is 11.5 Å². The summed E-state index contributed by atoms with van der Waals surface area (Å²) in [5.74, 6) is 0.789. The zero-order valence-corrected chi connectivity index (χ0v) is 15.8. The van der Waals surface area contributed by atoms with Crippen LogP contribution in [0.1, 0.15) is 30.9 Å². The van der Waals surface area contributed by atoms with Crippen LogP contribution < -0.4 is 9.47 Å². The van der Waals surface area contributed by atoms with Gasteiger partial charge < -0.3 is 19.3 Å². The number of rotatable bonds is 2. The first-order valence-electron chi connectivity index (χ1n) is 8.94. The number of hydrogen-bond donors (Lipinski definition) is 0. The lowest BCUT2D eigenvalue weighted by Crippen LogP contribution is -2.70. The van der Waals surface area contributed by atoms with Crippen molar-refractivity contribution >= 4 is 33.4 Å². The molecule has 3 unspecified atom stereocenters. The SMILES string of the molecule is N#CC1C[C@@]23SSC(C(=O)N2C1c1ccc2c(c1)OCO2)N(C1CC1)C3=O. The molecular weight excluding hydrogens is 386 g/mol. The molecule has 1 aliphatic carbocycles. The van der Waals surface area contributed by atoms with Crippen LogP contribution in [0.15, 0.2) is 18.2 Å². The van der Waals surface area contributed by atoms with Crippen molar-refractivity contribution in [3.8, 4) is 17.6 Å². The minimum atomic E-state index is -0.972. The molecule has 5 heterocycles. The van der Waals surface area contributed by atoms with Crippen molar-refractivity contribution in [2.24, 2.45) is 5.92 Å². The molecule has 4 saturated heterocycles. The van der Waals surface area contributed by atoms with Crippen molar-refractivity contribution in [1.29, 1.82) is 5.26 Å². The van der Waals surface area contributed by atoms with E-state index in [1.54, 1.807) is 9.80 Å². The van der Waals surface area contributed by atoms with Crippen molar-refractivity contribution in [1.82, 2.24) is 9.80 Å². The Kier molecular flexibility index (Phi) is 3.11. The smallest absolute Gasteiger partial charge is 0.261 e. The second kappa shape index (κ2) is 5.26.